The lowest BCUT2D eigenvalue weighted by Gasteiger charge is -2.34. The number of benzene rings is 7. The first-order valence-electron chi connectivity index (χ1n) is 18.2. The molecule has 0 spiro atoms. The Labute approximate surface area is 302 Å². The van der Waals surface area contributed by atoms with E-state index in [2.05, 4.69) is 194 Å². The van der Waals surface area contributed by atoms with Crippen LogP contribution in [0.4, 0.5) is 22.7 Å². The molecule has 9 rings (SSSR count). The van der Waals surface area contributed by atoms with E-state index in [1.807, 2.05) is 0 Å². The highest BCUT2D eigenvalue weighted by molar-refractivity contribution is 5.98. The summed E-state index contributed by atoms with van der Waals surface area (Å²) < 4.78 is 0. The number of para-hydroxylation sites is 1. The third-order valence-corrected chi connectivity index (χ3v) is 11.1. The lowest BCUT2D eigenvalue weighted by Crippen LogP contribution is -2.25. The number of hydrogen-bond donors (Lipinski definition) is 0. The van der Waals surface area contributed by atoms with Gasteiger partial charge in [-0.05, 0) is 99.3 Å². The van der Waals surface area contributed by atoms with E-state index in [-0.39, 0.29) is 5.41 Å². The van der Waals surface area contributed by atoms with E-state index in [0.717, 1.165) is 24.3 Å². The van der Waals surface area contributed by atoms with Gasteiger partial charge in [-0.15, -0.1) is 0 Å². The molecule has 0 amide bonds. The highest BCUT2D eigenvalue weighted by Gasteiger charge is 2.37. The molecular weight excluding hydrogens is 617 g/mol. The van der Waals surface area contributed by atoms with Crippen LogP contribution >= 0.6 is 0 Å². The average molecular weight is 659 g/mol. The van der Waals surface area contributed by atoms with E-state index >= 15 is 0 Å². The largest absolute Gasteiger partial charge is 0.374 e. The summed E-state index contributed by atoms with van der Waals surface area (Å²) in [6, 6.07) is 60.5. The number of fused-ring (bicyclic) bond motifs is 4. The van der Waals surface area contributed by atoms with Gasteiger partial charge < -0.3 is 9.80 Å². The quantitative estimate of drug-likeness (QED) is 0.175. The lowest BCUT2D eigenvalue weighted by molar-refractivity contribution is 0.660. The molecule has 7 aromatic rings. The van der Waals surface area contributed by atoms with Crippen LogP contribution in [0.1, 0.15) is 37.0 Å². The van der Waals surface area contributed by atoms with Gasteiger partial charge in [0.05, 0.1) is 5.69 Å². The molecule has 248 valence electrons. The number of aryl methyl sites for hydroxylation is 1. The van der Waals surface area contributed by atoms with Crippen LogP contribution in [0.5, 0.6) is 0 Å². The fourth-order valence-corrected chi connectivity index (χ4v) is 8.51. The first kappa shape index (κ1) is 31.1. The van der Waals surface area contributed by atoms with E-state index < -0.39 is 0 Å². The Kier molecular flexibility index (Phi) is 7.62. The van der Waals surface area contributed by atoms with Crippen LogP contribution in [0, 0.1) is 0 Å². The van der Waals surface area contributed by atoms with Crippen molar-refractivity contribution >= 4 is 22.7 Å². The minimum atomic E-state index is -0.133. The van der Waals surface area contributed by atoms with Gasteiger partial charge in [0, 0.05) is 47.2 Å². The normalized spacial score (nSPS) is 14.1. The highest BCUT2D eigenvalue weighted by atomic mass is 15.1. The third kappa shape index (κ3) is 5.34. The Bertz CT molecular complexity index is 2270. The van der Waals surface area contributed by atoms with Crippen molar-refractivity contribution in [3.05, 3.63) is 180 Å². The van der Waals surface area contributed by atoms with Crippen LogP contribution in [0.25, 0.3) is 44.5 Å². The molecule has 2 aliphatic rings. The Morgan fingerprint density at radius 3 is 1.67 bits per heavy atom. The van der Waals surface area contributed by atoms with Crippen LogP contribution in [-0.4, -0.2) is 13.6 Å². The molecule has 51 heavy (non-hydrogen) atoms. The zero-order chi connectivity index (χ0) is 34.5. The zero-order valence-electron chi connectivity index (χ0n) is 29.6. The maximum Gasteiger partial charge on any atom is 0.0544 e. The van der Waals surface area contributed by atoms with Crippen LogP contribution < -0.4 is 9.80 Å². The number of nitrogens with zero attached hydrogens (tertiary/aromatic N) is 2. The van der Waals surface area contributed by atoms with E-state index in [1.165, 1.54) is 79.0 Å². The molecule has 0 saturated heterocycles. The number of hydrogen-bond acceptors (Lipinski definition) is 2. The Morgan fingerprint density at radius 2 is 1.04 bits per heavy atom. The van der Waals surface area contributed by atoms with Crippen molar-refractivity contribution in [2.75, 3.05) is 23.4 Å². The fourth-order valence-electron chi connectivity index (χ4n) is 8.51. The monoisotopic (exact) mass is 658 g/mol. The Hall–Kier alpha value is -5.86. The molecule has 0 N–H and O–H groups in total. The predicted octanol–water partition coefficient (Wildman–Crippen LogP) is 12.8. The summed E-state index contributed by atoms with van der Waals surface area (Å²) in [4.78, 5) is 4.96. The first-order valence-corrected chi connectivity index (χ1v) is 18.2. The van der Waals surface area contributed by atoms with Crippen molar-refractivity contribution in [3.63, 3.8) is 0 Å². The minimum Gasteiger partial charge on any atom is -0.374 e. The average Bonchev–Trinajstić information content (AvgIpc) is 3.41. The maximum atomic E-state index is 2.50. The van der Waals surface area contributed by atoms with E-state index in [0.29, 0.717) is 0 Å². The van der Waals surface area contributed by atoms with Gasteiger partial charge in [0.1, 0.15) is 0 Å². The minimum absolute atomic E-state index is 0.133. The smallest absolute Gasteiger partial charge is 0.0544 e. The van der Waals surface area contributed by atoms with E-state index in [1.54, 1.807) is 0 Å². The van der Waals surface area contributed by atoms with Crippen molar-refractivity contribution in [2.45, 2.75) is 32.1 Å². The van der Waals surface area contributed by atoms with Gasteiger partial charge in [0.25, 0.3) is 0 Å². The molecular formula is C49H42N2. The molecule has 1 aliphatic carbocycles. The zero-order valence-corrected chi connectivity index (χ0v) is 29.6. The third-order valence-electron chi connectivity index (χ3n) is 11.1. The molecule has 0 bridgehead atoms. The molecule has 1 heterocycles. The SMILES string of the molecule is CN1CCCc2cccc(-c3cc4c(cc3N(c3ccc(-c5ccccc5)cc3)c3ccc(-c5ccccc5)cc3)C(C)(C)c3ccccc3-4)c21. The molecule has 7 aromatic carbocycles. The van der Waals surface area contributed by atoms with Crippen molar-refractivity contribution in [1.82, 2.24) is 0 Å². The molecule has 0 radical (unpaired) electrons. The summed E-state index contributed by atoms with van der Waals surface area (Å²) >= 11 is 0. The van der Waals surface area contributed by atoms with Gasteiger partial charge in [-0.3, -0.25) is 0 Å². The summed E-state index contributed by atoms with van der Waals surface area (Å²) in [5.74, 6) is 0. The van der Waals surface area contributed by atoms with Gasteiger partial charge >= 0.3 is 0 Å². The molecule has 1 aliphatic heterocycles. The molecule has 2 heteroatoms. The second-order valence-electron chi connectivity index (χ2n) is 14.6. The molecule has 0 saturated carbocycles. The molecule has 0 aromatic heterocycles. The van der Waals surface area contributed by atoms with Crippen molar-refractivity contribution in [3.8, 4) is 44.5 Å². The number of anilines is 4. The van der Waals surface area contributed by atoms with E-state index in [4.69, 9.17) is 0 Å². The summed E-state index contributed by atoms with van der Waals surface area (Å²) in [6.07, 6.45) is 2.29. The van der Waals surface area contributed by atoms with Crippen molar-refractivity contribution in [1.29, 1.82) is 0 Å². The number of rotatable bonds is 6. The highest BCUT2D eigenvalue weighted by Crippen LogP contribution is 2.54. The summed E-state index contributed by atoms with van der Waals surface area (Å²) in [5, 5.41) is 0. The van der Waals surface area contributed by atoms with E-state index in [9.17, 15) is 0 Å². The van der Waals surface area contributed by atoms with Crippen LogP contribution in [0.15, 0.2) is 164 Å². The summed E-state index contributed by atoms with van der Waals surface area (Å²) in [6.45, 7) is 5.83. The van der Waals surface area contributed by atoms with Gasteiger partial charge in [-0.2, -0.15) is 0 Å². The topological polar surface area (TPSA) is 6.48 Å². The second-order valence-corrected chi connectivity index (χ2v) is 14.6. The molecule has 0 unspecified atom stereocenters. The van der Waals surface area contributed by atoms with Crippen molar-refractivity contribution in [2.24, 2.45) is 0 Å². The molecule has 0 fully saturated rings. The maximum absolute atomic E-state index is 2.50. The van der Waals surface area contributed by atoms with Crippen LogP contribution in [-0.2, 0) is 11.8 Å². The van der Waals surface area contributed by atoms with Gasteiger partial charge in [-0.25, -0.2) is 0 Å². The Morgan fingerprint density at radius 1 is 0.490 bits per heavy atom. The lowest BCUT2D eigenvalue weighted by atomic mass is 9.81. The first-order chi connectivity index (χ1) is 25.0. The van der Waals surface area contributed by atoms with Gasteiger partial charge in [0.15, 0.2) is 0 Å². The second kappa shape index (κ2) is 12.5. The van der Waals surface area contributed by atoms with Gasteiger partial charge in [0.2, 0.25) is 0 Å². The molecule has 2 nitrogen and oxygen atoms in total. The Balaban J connectivity index is 1.30. The summed E-state index contributed by atoms with van der Waals surface area (Å²) in [7, 11) is 2.26. The molecule has 0 atom stereocenters. The summed E-state index contributed by atoms with van der Waals surface area (Å²) in [5.41, 5.74) is 19.0. The van der Waals surface area contributed by atoms with Crippen LogP contribution in [0.3, 0.4) is 0 Å². The van der Waals surface area contributed by atoms with Crippen molar-refractivity contribution < 1.29 is 0 Å². The standard InChI is InChI=1S/C49H42N2/c1-49(2)45-22-11-10-20-41(45)43-32-44(42-21-12-18-38-19-13-31-50(3)48(38)42)47(33-46(43)49)51(39-27-23-36(24-28-39)34-14-6-4-7-15-34)40-29-25-37(26-30-40)35-16-8-5-9-17-35/h4-12,14-18,20-30,32-33H,13,19,31H2,1-3H3. The fraction of sp³-hybridized carbons (Fsp3) is 0.143. The van der Waals surface area contributed by atoms with Crippen LogP contribution in [0.2, 0.25) is 0 Å². The predicted molar refractivity (Wildman–Crippen MR) is 217 cm³/mol. The van der Waals surface area contributed by atoms with Gasteiger partial charge in [-0.1, -0.05) is 141 Å².